The highest BCUT2D eigenvalue weighted by Crippen LogP contribution is 2.26. The maximum absolute atomic E-state index is 12.5. The first-order valence-corrected chi connectivity index (χ1v) is 10.0. The number of nitrogens with one attached hydrogen (secondary N) is 1. The molecule has 0 saturated heterocycles. The third-order valence-corrected chi connectivity index (χ3v) is 5.32. The molecule has 7 nitrogen and oxygen atoms in total. The average Bonchev–Trinajstić information content (AvgIpc) is 3.25. The van der Waals surface area contributed by atoms with Crippen LogP contribution in [0.3, 0.4) is 0 Å². The first-order valence-electron chi connectivity index (χ1n) is 8.27. The summed E-state index contributed by atoms with van der Waals surface area (Å²) < 4.78 is 1.73. The maximum Gasteiger partial charge on any atom is 0.239 e. The average molecular weight is 389 g/mol. The van der Waals surface area contributed by atoms with Crippen molar-refractivity contribution in [2.75, 3.05) is 5.32 Å². The minimum absolute atomic E-state index is 0.122. The summed E-state index contributed by atoms with van der Waals surface area (Å²) in [6.07, 6.45) is 0. The Kier molecular flexibility index (Phi) is 6.00. The van der Waals surface area contributed by atoms with Crippen molar-refractivity contribution < 1.29 is 4.79 Å². The molecule has 9 heteroatoms. The number of nitrogens with zero attached hydrogens (tertiary/aromatic N) is 5. The zero-order valence-electron chi connectivity index (χ0n) is 14.8. The number of carbonyl (C=O) groups excluding carboxylic acids is 1. The van der Waals surface area contributed by atoms with Gasteiger partial charge in [-0.25, -0.2) is 9.67 Å². The molecule has 1 atom stereocenters. The third kappa shape index (κ3) is 4.67. The predicted molar refractivity (Wildman–Crippen MR) is 104 cm³/mol. The van der Waals surface area contributed by atoms with Crippen molar-refractivity contribution in [3.8, 4) is 11.3 Å². The molecule has 0 spiro atoms. The Morgan fingerprint density at radius 2 is 2.04 bits per heavy atom. The van der Waals surface area contributed by atoms with E-state index >= 15 is 0 Å². The lowest BCUT2D eigenvalue weighted by atomic mass is 10.2. The lowest BCUT2D eigenvalue weighted by Crippen LogP contribution is -2.23. The number of hydrogen-bond acceptors (Lipinski definition) is 7. The number of amides is 1. The summed E-state index contributed by atoms with van der Waals surface area (Å²) in [4.78, 5) is 17.0. The molecule has 1 unspecified atom stereocenters. The van der Waals surface area contributed by atoms with Crippen LogP contribution in [0.2, 0.25) is 0 Å². The summed E-state index contributed by atoms with van der Waals surface area (Å²) in [5, 5.41) is 17.4. The van der Waals surface area contributed by atoms with Gasteiger partial charge in [-0.15, -0.1) is 16.4 Å². The van der Waals surface area contributed by atoms with Gasteiger partial charge in [-0.05, 0) is 23.3 Å². The van der Waals surface area contributed by atoms with Crippen LogP contribution in [-0.4, -0.2) is 36.3 Å². The molecule has 26 heavy (non-hydrogen) atoms. The van der Waals surface area contributed by atoms with Crippen LogP contribution in [-0.2, 0) is 11.3 Å². The van der Waals surface area contributed by atoms with Gasteiger partial charge in [-0.3, -0.25) is 4.79 Å². The summed E-state index contributed by atoms with van der Waals surface area (Å²) in [5.74, 6) is 0.303. The Hall–Kier alpha value is -2.26. The number of thioether (sulfide) groups is 1. The van der Waals surface area contributed by atoms with Gasteiger partial charge in [-0.2, -0.15) is 0 Å². The zero-order chi connectivity index (χ0) is 18.5. The topological polar surface area (TPSA) is 85.6 Å². The molecule has 0 aliphatic heterocycles. The Labute approximate surface area is 160 Å². The smallest absolute Gasteiger partial charge is 0.239 e. The van der Waals surface area contributed by atoms with Crippen molar-refractivity contribution in [3.05, 3.63) is 35.7 Å². The highest BCUT2D eigenvalue weighted by molar-refractivity contribution is 8.00. The number of hydrogen-bond donors (Lipinski definition) is 1. The predicted octanol–water partition coefficient (Wildman–Crippen LogP) is 3.57. The van der Waals surface area contributed by atoms with Crippen molar-refractivity contribution in [3.63, 3.8) is 0 Å². The largest absolute Gasteiger partial charge is 0.301 e. The van der Waals surface area contributed by atoms with Crippen molar-refractivity contribution >= 4 is 34.1 Å². The van der Waals surface area contributed by atoms with E-state index in [1.165, 1.54) is 23.1 Å². The molecular weight excluding hydrogens is 368 g/mol. The van der Waals surface area contributed by atoms with E-state index in [0.29, 0.717) is 16.2 Å². The van der Waals surface area contributed by atoms with Crippen molar-refractivity contribution in [1.82, 2.24) is 25.2 Å². The second kappa shape index (κ2) is 8.41. The third-order valence-electron chi connectivity index (χ3n) is 3.49. The highest BCUT2D eigenvalue weighted by Gasteiger charge is 2.20. The van der Waals surface area contributed by atoms with Crippen LogP contribution >= 0.6 is 23.1 Å². The maximum atomic E-state index is 12.5. The van der Waals surface area contributed by atoms with Gasteiger partial charge >= 0.3 is 0 Å². The van der Waals surface area contributed by atoms with Gasteiger partial charge in [0.05, 0.1) is 10.9 Å². The lowest BCUT2D eigenvalue weighted by molar-refractivity contribution is -0.115. The minimum Gasteiger partial charge on any atom is -0.301 e. The van der Waals surface area contributed by atoms with Crippen LogP contribution in [0.5, 0.6) is 0 Å². The first-order chi connectivity index (χ1) is 12.5. The number of thiazole rings is 1. The van der Waals surface area contributed by atoms with Crippen LogP contribution in [0.15, 0.2) is 40.9 Å². The monoisotopic (exact) mass is 388 g/mol. The number of benzene rings is 1. The van der Waals surface area contributed by atoms with E-state index in [2.05, 4.69) is 39.7 Å². The fourth-order valence-corrected chi connectivity index (χ4v) is 3.75. The fourth-order valence-electron chi connectivity index (χ4n) is 2.23. The van der Waals surface area contributed by atoms with Crippen molar-refractivity contribution in [2.45, 2.75) is 37.7 Å². The van der Waals surface area contributed by atoms with E-state index in [4.69, 9.17) is 0 Å². The molecule has 136 valence electrons. The molecule has 0 aliphatic rings. The van der Waals surface area contributed by atoms with E-state index in [1.807, 2.05) is 42.6 Å². The van der Waals surface area contributed by atoms with Gasteiger partial charge in [0.1, 0.15) is 0 Å². The van der Waals surface area contributed by atoms with Gasteiger partial charge in [0.15, 0.2) is 5.13 Å². The van der Waals surface area contributed by atoms with Gasteiger partial charge in [-0.1, -0.05) is 55.9 Å². The molecule has 0 bridgehead atoms. The zero-order valence-corrected chi connectivity index (χ0v) is 16.4. The Bertz CT molecular complexity index is 861. The molecule has 1 aromatic carbocycles. The molecule has 0 fully saturated rings. The van der Waals surface area contributed by atoms with Gasteiger partial charge < -0.3 is 5.32 Å². The first kappa shape index (κ1) is 18.5. The van der Waals surface area contributed by atoms with Crippen LogP contribution in [0, 0.1) is 5.92 Å². The molecule has 3 rings (SSSR count). The lowest BCUT2D eigenvalue weighted by Gasteiger charge is -2.11. The molecule has 0 saturated carbocycles. The molecule has 1 N–H and O–H groups in total. The van der Waals surface area contributed by atoms with Crippen LogP contribution in [0.4, 0.5) is 5.13 Å². The quantitative estimate of drug-likeness (QED) is 0.623. The second-order valence-corrected chi connectivity index (χ2v) is 8.36. The molecule has 2 aromatic heterocycles. The van der Waals surface area contributed by atoms with Gasteiger partial charge in [0.25, 0.3) is 0 Å². The summed E-state index contributed by atoms with van der Waals surface area (Å²) in [6, 6.07) is 9.88. The number of anilines is 1. The highest BCUT2D eigenvalue weighted by atomic mass is 32.2. The molecule has 0 radical (unpaired) electrons. The Balaban J connectivity index is 1.62. The summed E-state index contributed by atoms with van der Waals surface area (Å²) in [6.45, 7) is 6.74. The summed E-state index contributed by atoms with van der Waals surface area (Å²) in [5.41, 5.74) is 1.88. The van der Waals surface area contributed by atoms with Gasteiger partial charge in [0, 0.05) is 17.5 Å². The summed E-state index contributed by atoms with van der Waals surface area (Å²) >= 11 is 2.75. The van der Waals surface area contributed by atoms with E-state index < -0.39 is 0 Å². The van der Waals surface area contributed by atoms with E-state index in [9.17, 15) is 4.79 Å². The van der Waals surface area contributed by atoms with E-state index in [-0.39, 0.29) is 11.2 Å². The Morgan fingerprint density at radius 3 is 2.77 bits per heavy atom. The van der Waals surface area contributed by atoms with E-state index in [0.717, 1.165) is 17.8 Å². The fraction of sp³-hybridized carbons (Fsp3) is 0.353. The number of rotatable bonds is 7. The normalized spacial score (nSPS) is 12.3. The van der Waals surface area contributed by atoms with Crippen molar-refractivity contribution in [2.24, 2.45) is 5.92 Å². The number of tetrazole rings is 1. The Morgan fingerprint density at radius 1 is 1.27 bits per heavy atom. The summed E-state index contributed by atoms with van der Waals surface area (Å²) in [7, 11) is 0. The number of aromatic nitrogens is 5. The van der Waals surface area contributed by atoms with Crippen LogP contribution in [0.25, 0.3) is 11.3 Å². The van der Waals surface area contributed by atoms with E-state index in [1.54, 1.807) is 4.68 Å². The molecule has 2 heterocycles. The van der Waals surface area contributed by atoms with Crippen LogP contribution in [0.1, 0.15) is 20.8 Å². The van der Waals surface area contributed by atoms with Crippen molar-refractivity contribution in [1.29, 1.82) is 0 Å². The molecular formula is C17H20N6OS2. The molecule has 3 aromatic rings. The minimum atomic E-state index is -0.337. The molecule has 0 aliphatic carbocycles. The number of carbonyl (C=O) groups is 1. The van der Waals surface area contributed by atoms with Gasteiger partial charge in [0.2, 0.25) is 11.1 Å². The molecule has 1 amide bonds. The van der Waals surface area contributed by atoms with Crippen LogP contribution < -0.4 is 5.32 Å². The standard InChI is InChI=1S/C17H20N6OS2/c1-11(2)9-23-17(20-21-22-23)26-12(3)15(24)19-16-18-14(10-25-16)13-7-5-4-6-8-13/h4-8,10-12H,9H2,1-3H3,(H,18,19,24). The SMILES string of the molecule is CC(C)Cn1nnnc1SC(C)C(=O)Nc1nc(-c2ccccc2)cs1. The second-order valence-electron chi connectivity index (χ2n) is 6.19.